The molecule has 0 aliphatic carbocycles. The Labute approximate surface area is 121 Å². The number of nitrogens with one attached hydrogen (secondary N) is 1. The van der Waals surface area contributed by atoms with Crippen LogP contribution in [-0.2, 0) is 0 Å². The number of anilines is 2. The number of aromatic carboxylic acids is 1. The molecule has 0 aliphatic rings. The maximum Gasteiger partial charge on any atom is 0.337 e. The maximum absolute atomic E-state index is 13.7. The van der Waals surface area contributed by atoms with Crippen LogP contribution in [0.5, 0.6) is 0 Å². The number of carbonyl (C=O) groups is 1. The molecule has 1 heterocycles. The second kappa shape index (κ2) is 5.54. The predicted molar refractivity (Wildman–Crippen MR) is 73.6 cm³/mol. The van der Waals surface area contributed by atoms with Crippen molar-refractivity contribution in [1.29, 1.82) is 0 Å². The normalized spacial score (nSPS) is 10.3. The Hall–Kier alpha value is -1.66. The fourth-order valence-corrected chi connectivity index (χ4v) is 2.00. The van der Waals surface area contributed by atoms with Gasteiger partial charge in [0.05, 0.1) is 16.9 Å². The third kappa shape index (κ3) is 3.02. The maximum atomic E-state index is 13.7. The lowest BCUT2D eigenvalue weighted by Crippen LogP contribution is -2.05. The van der Waals surface area contributed by atoms with Crippen molar-refractivity contribution in [2.45, 2.75) is 0 Å². The third-order valence-electron chi connectivity index (χ3n) is 2.33. The Morgan fingerprint density at radius 1 is 1.42 bits per heavy atom. The lowest BCUT2D eigenvalue weighted by molar-refractivity contribution is 0.0698. The van der Waals surface area contributed by atoms with Crippen molar-refractivity contribution in [3.63, 3.8) is 0 Å². The second-order valence-corrected chi connectivity index (χ2v) is 4.85. The van der Waals surface area contributed by atoms with E-state index in [0.717, 1.165) is 0 Å². The average Bonchev–Trinajstić information content (AvgIpc) is 2.34. The molecular formula is C12H7BrClFN2O2. The van der Waals surface area contributed by atoms with E-state index in [0.29, 0.717) is 4.47 Å². The Morgan fingerprint density at radius 3 is 2.79 bits per heavy atom. The molecule has 0 fully saturated rings. The van der Waals surface area contributed by atoms with E-state index >= 15 is 0 Å². The first kappa shape index (κ1) is 13.8. The molecule has 2 aromatic rings. The molecule has 0 bridgehead atoms. The number of carboxylic acid groups (broad SMARTS) is 1. The van der Waals surface area contributed by atoms with Crippen LogP contribution in [-0.4, -0.2) is 16.1 Å². The van der Waals surface area contributed by atoms with Crippen LogP contribution in [0.1, 0.15) is 10.4 Å². The minimum Gasteiger partial charge on any atom is -0.478 e. The number of pyridine rings is 1. The molecule has 0 saturated heterocycles. The summed E-state index contributed by atoms with van der Waals surface area (Å²) in [7, 11) is 0. The Balaban J connectivity index is 2.46. The molecule has 1 aromatic carbocycles. The first-order valence-electron chi connectivity index (χ1n) is 5.09. The molecule has 4 nitrogen and oxygen atoms in total. The van der Waals surface area contributed by atoms with Crippen molar-refractivity contribution in [3.05, 3.63) is 51.5 Å². The van der Waals surface area contributed by atoms with E-state index < -0.39 is 11.8 Å². The van der Waals surface area contributed by atoms with Gasteiger partial charge in [-0.2, -0.15) is 0 Å². The predicted octanol–water partition coefficient (Wildman–Crippen LogP) is 4.08. The van der Waals surface area contributed by atoms with Crippen LogP contribution in [0.4, 0.5) is 15.8 Å². The molecule has 2 N–H and O–H groups in total. The number of carboxylic acids is 1. The van der Waals surface area contributed by atoms with Crippen LogP contribution in [0.3, 0.4) is 0 Å². The molecule has 1 aromatic heterocycles. The molecule has 0 saturated carbocycles. The molecule has 98 valence electrons. The van der Waals surface area contributed by atoms with Gasteiger partial charge in [0.15, 0.2) is 5.15 Å². The topological polar surface area (TPSA) is 62.2 Å². The number of halogens is 3. The zero-order valence-corrected chi connectivity index (χ0v) is 11.7. The fraction of sp³-hybridized carbons (Fsp3) is 0. The van der Waals surface area contributed by atoms with Gasteiger partial charge < -0.3 is 10.4 Å². The monoisotopic (exact) mass is 344 g/mol. The van der Waals surface area contributed by atoms with Gasteiger partial charge in [0.1, 0.15) is 5.82 Å². The summed E-state index contributed by atoms with van der Waals surface area (Å²) in [4.78, 5) is 14.8. The van der Waals surface area contributed by atoms with Crippen molar-refractivity contribution in [3.8, 4) is 0 Å². The first-order chi connectivity index (χ1) is 8.99. The van der Waals surface area contributed by atoms with Gasteiger partial charge in [0, 0.05) is 10.7 Å². The summed E-state index contributed by atoms with van der Waals surface area (Å²) < 4.78 is 14.3. The van der Waals surface area contributed by atoms with Crippen molar-refractivity contribution >= 4 is 44.9 Å². The highest BCUT2D eigenvalue weighted by Gasteiger charge is 2.15. The number of rotatable bonds is 3. The van der Waals surface area contributed by atoms with Crippen LogP contribution in [0, 0.1) is 5.82 Å². The van der Waals surface area contributed by atoms with Gasteiger partial charge in [0.25, 0.3) is 0 Å². The number of hydrogen-bond acceptors (Lipinski definition) is 3. The minimum atomic E-state index is -1.18. The molecule has 2 rings (SSSR count). The molecule has 0 radical (unpaired) electrons. The fourth-order valence-electron chi connectivity index (χ4n) is 1.46. The van der Waals surface area contributed by atoms with Gasteiger partial charge in [-0.05, 0) is 24.3 Å². The van der Waals surface area contributed by atoms with Gasteiger partial charge >= 0.3 is 5.97 Å². The van der Waals surface area contributed by atoms with E-state index in [1.54, 1.807) is 6.07 Å². The van der Waals surface area contributed by atoms with Crippen molar-refractivity contribution < 1.29 is 14.3 Å². The van der Waals surface area contributed by atoms with Crippen LogP contribution in [0.25, 0.3) is 0 Å². The van der Waals surface area contributed by atoms with E-state index in [1.165, 1.54) is 24.4 Å². The summed E-state index contributed by atoms with van der Waals surface area (Å²) in [5.41, 5.74) is 0.0841. The second-order valence-electron chi connectivity index (χ2n) is 3.58. The van der Waals surface area contributed by atoms with Gasteiger partial charge in [-0.15, -0.1) is 0 Å². The molecule has 19 heavy (non-hydrogen) atoms. The van der Waals surface area contributed by atoms with Crippen LogP contribution >= 0.6 is 27.5 Å². The summed E-state index contributed by atoms with van der Waals surface area (Å²) in [5, 5.41) is 11.7. The van der Waals surface area contributed by atoms with Gasteiger partial charge in [-0.25, -0.2) is 14.2 Å². The average molecular weight is 346 g/mol. The standard InChI is InChI=1S/C12H7BrClFN2O2/c13-6-1-2-9(8(15)5-6)17-10-7(12(18)19)3-4-16-11(10)14/h1-5,17H,(H,18,19). The number of hydrogen-bond donors (Lipinski definition) is 2. The first-order valence-corrected chi connectivity index (χ1v) is 6.26. The van der Waals surface area contributed by atoms with Crippen molar-refractivity contribution in [2.75, 3.05) is 5.32 Å². The van der Waals surface area contributed by atoms with E-state index in [4.69, 9.17) is 16.7 Å². The number of aromatic nitrogens is 1. The van der Waals surface area contributed by atoms with Crippen LogP contribution in [0.2, 0.25) is 5.15 Å². The van der Waals surface area contributed by atoms with E-state index in [2.05, 4.69) is 26.2 Å². The highest BCUT2D eigenvalue weighted by Crippen LogP contribution is 2.29. The molecule has 0 unspecified atom stereocenters. The Morgan fingerprint density at radius 2 is 2.16 bits per heavy atom. The molecule has 0 amide bonds. The SMILES string of the molecule is O=C(O)c1ccnc(Cl)c1Nc1ccc(Br)cc1F. The highest BCUT2D eigenvalue weighted by molar-refractivity contribution is 9.10. The summed E-state index contributed by atoms with van der Waals surface area (Å²) in [6.45, 7) is 0. The molecule has 7 heteroatoms. The quantitative estimate of drug-likeness (QED) is 0.823. The smallest absolute Gasteiger partial charge is 0.337 e. The zero-order valence-electron chi connectivity index (χ0n) is 9.32. The van der Waals surface area contributed by atoms with Crippen molar-refractivity contribution in [1.82, 2.24) is 4.98 Å². The van der Waals surface area contributed by atoms with E-state index in [-0.39, 0.29) is 22.1 Å². The highest BCUT2D eigenvalue weighted by atomic mass is 79.9. The zero-order chi connectivity index (χ0) is 14.0. The molecular weight excluding hydrogens is 338 g/mol. The number of benzene rings is 1. The third-order valence-corrected chi connectivity index (χ3v) is 3.11. The molecule has 0 spiro atoms. The summed E-state index contributed by atoms with van der Waals surface area (Å²) in [5.74, 6) is -1.71. The Kier molecular flexibility index (Phi) is 4.01. The van der Waals surface area contributed by atoms with Crippen molar-refractivity contribution in [2.24, 2.45) is 0 Å². The van der Waals surface area contributed by atoms with Gasteiger partial charge in [-0.3, -0.25) is 0 Å². The summed E-state index contributed by atoms with van der Waals surface area (Å²) >= 11 is 8.97. The van der Waals surface area contributed by atoms with Crippen LogP contribution in [0.15, 0.2) is 34.9 Å². The molecule has 0 atom stereocenters. The Bertz CT molecular complexity index is 652. The lowest BCUT2D eigenvalue weighted by atomic mass is 10.2. The lowest BCUT2D eigenvalue weighted by Gasteiger charge is -2.11. The van der Waals surface area contributed by atoms with Gasteiger partial charge in [0.2, 0.25) is 0 Å². The molecule has 0 aliphatic heterocycles. The number of nitrogens with zero attached hydrogens (tertiary/aromatic N) is 1. The minimum absolute atomic E-state index is 0.0396. The largest absolute Gasteiger partial charge is 0.478 e. The van der Waals surface area contributed by atoms with E-state index in [1.807, 2.05) is 0 Å². The summed E-state index contributed by atoms with van der Waals surface area (Å²) in [6, 6.07) is 5.63. The van der Waals surface area contributed by atoms with E-state index in [9.17, 15) is 9.18 Å². The van der Waals surface area contributed by atoms with Gasteiger partial charge in [-0.1, -0.05) is 27.5 Å². The summed E-state index contributed by atoms with van der Waals surface area (Å²) in [6.07, 6.45) is 1.27. The van der Waals surface area contributed by atoms with Crippen LogP contribution < -0.4 is 5.32 Å².